The number of anilines is 1. The molecule has 13 heteroatoms. The predicted molar refractivity (Wildman–Crippen MR) is 115 cm³/mol. The zero-order chi connectivity index (χ0) is 22.6. The van der Waals surface area contributed by atoms with Crippen LogP contribution in [0.5, 0.6) is 5.75 Å². The van der Waals surface area contributed by atoms with Crippen molar-refractivity contribution in [3.8, 4) is 5.75 Å². The lowest BCUT2D eigenvalue weighted by Crippen LogP contribution is -2.60. The fourth-order valence-electron chi connectivity index (χ4n) is 3.94. The van der Waals surface area contributed by atoms with E-state index in [1.54, 1.807) is 4.90 Å². The molecule has 168 valence electrons. The Morgan fingerprint density at radius 3 is 2.68 bits per heavy atom. The van der Waals surface area contributed by atoms with Crippen LogP contribution in [0.15, 0.2) is 9.63 Å². The zero-order valence-corrected chi connectivity index (χ0v) is 19.6. The second-order valence-electron chi connectivity index (χ2n) is 7.78. The van der Waals surface area contributed by atoms with E-state index < -0.39 is 32.4 Å². The van der Waals surface area contributed by atoms with Gasteiger partial charge in [-0.25, -0.2) is 27.6 Å². The minimum atomic E-state index is -3.87. The maximum absolute atomic E-state index is 15.1. The van der Waals surface area contributed by atoms with Crippen LogP contribution >= 0.6 is 27.5 Å². The van der Waals surface area contributed by atoms with E-state index in [2.05, 4.69) is 31.2 Å². The summed E-state index contributed by atoms with van der Waals surface area (Å²) in [5, 5.41) is 11.5. The smallest absolute Gasteiger partial charge is 0.405 e. The molecule has 1 aromatic heterocycles. The van der Waals surface area contributed by atoms with Crippen molar-refractivity contribution in [1.29, 1.82) is 0 Å². The Labute approximate surface area is 191 Å². The molecule has 1 aromatic carbocycles. The molecule has 2 aliphatic rings. The summed E-state index contributed by atoms with van der Waals surface area (Å²) in [6.07, 6.45) is 2.44. The van der Waals surface area contributed by atoms with Gasteiger partial charge in [0.25, 0.3) is 0 Å². The summed E-state index contributed by atoms with van der Waals surface area (Å²) in [6, 6.07) is 0. The van der Waals surface area contributed by atoms with Crippen molar-refractivity contribution in [1.82, 2.24) is 15.3 Å². The van der Waals surface area contributed by atoms with Crippen LogP contribution in [0.1, 0.15) is 25.7 Å². The van der Waals surface area contributed by atoms with E-state index in [4.69, 9.17) is 16.3 Å². The van der Waals surface area contributed by atoms with Gasteiger partial charge in [0, 0.05) is 19.3 Å². The molecule has 2 heterocycles. The van der Waals surface area contributed by atoms with Gasteiger partial charge in [0.1, 0.15) is 16.4 Å². The topological polar surface area (TPSA) is 122 Å². The fraction of sp³-hybridized carbons (Fsp3) is 0.500. The predicted octanol–water partition coefficient (Wildman–Crippen LogP) is 3.37. The van der Waals surface area contributed by atoms with Gasteiger partial charge in [-0.2, -0.15) is 0 Å². The average Bonchev–Trinajstić information content (AvgIpc) is 2.65. The molecule has 4 rings (SSSR count). The van der Waals surface area contributed by atoms with Crippen LogP contribution in [-0.2, 0) is 9.84 Å². The highest BCUT2D eigenvalue weighted by Gasteiger charge is 2.41. The monoisotopic (exact) mass is 536 g/mol. The number of ether oxygens (including phenoxy) is 1. The van der Waals surface area contributed by atoms with Crippen molar-refractivity contribution < 1.29 is 27.4 Å². The van der Waals surface area contributed by atoms with Gasteiger partial charge in [-0.05, 0) is 41.6 Å². The molecule has 2 N–H and O–H groups in total. The first-order valence-corrected chi connectivity index (χ1v) is 12.6. The highest BCUT2D eigenvalue weighted by Crippen LogP contribution is 2.46. The lowest BCUT2D eigenvalue weighted by atomic mass is 9.76. The molecule has 0 bridgehead atoms. The number of benzene rings is 1. The van der Waals surface area contributed by atoms with Crippen molar-refractivity contribution in [3.63, 3.8) is 0 Å². The van der Waals surface area contributed by atoms with Crippen LogP contribution < -0.4 is 15.0 Å². The van der Waals surface area contributed by atoms with Gasteiger partial charge in [0.15, 0.2) is 11.6 Å². The summed E-state index contributed by atoms with van der Waals surface area (Å²) in [5.74, 6) is -0.533. The summed E-state index contributed by atoms with van der Waals surface area (Å²) in [4.78, 5) is 21.3. The van der Waals surface area contributed by atoms with E-state index in [9.17, 15) is 18.3 Å². The van der Waals surface area contributed by atoms with Crippen LogP contribution in [0.2, 0.25) is 5.02 Å². The Morgan fingerprint density at radius 2 is 2.10 bits per heavy atom. The number of amides is 1. The van der Waals surface area contributed by atoms with E-state index in [1.165, 1.54) is 0 Å². The number of rotatable bonds is 4. The summed E-state index contributed by atoms with van der Waals surface area (Å²) in [5.41, 5.74) is -0.941. The van der Waals surface area contributed by atoms with E-state index >= 15 is 4.39 Å². The maximum atomic E-state index is 15.1. The van der Waals surface area contributed by atoms with Gasteiger partial charge >= 0.3 is 6.09 Å². The first kappa shape index (κ1) is 22.3. The molecule has 31 heavy (non-hydrogen) atoms. The van der Waals surface area contributed by atoms with Crippen LogP contribution in [0.3, 0.4) is 0 Å². The zero-order valence-electron chi connectivity index (χ0n) is 16.4. The highest BCUT2D eigenvalue weighted by atomic mass is 79.9. The van der Waals surface area contributed by atoms with Crippen molar-refractivity contribution in [3.05, 3.63) is 15.3 Å². The minimum Gasteiger partial charge on any atom is -0.491 e. The van der Waals surface area contributed by atoms with E-state index in [-0.39, 0.29) is 45.1 Å². The molecular formula is C18H19BrClFN4O5S. The number of hydrogen-bond donors (Lipinski definition) is 2. The molecule has 0 radical (unpaired) electrons. The molecule has 9 nitrogen and oxygen atoms in total. The summed E-state index contributed by atoms with van der Waals surface area (Å²) in [6.45, 7) is 0.909. The third kappa shape index (κ3) is 4.00. The number of carbonyl (C=O) groups is 1. The number of aromatic nitrogens is 2. The van der Waals surface area contributed by atoms with Crippen LogP contribution in [0.4, 0.5) is 15.0 Å². The summed E-state index contributed by atoms with van der Waals surface area (Å²) < 4.78 is 45.3. The number of carboxylic acid groups (broad SMARTS) is 1. The summed E-state index contributed by atoms with van der Waals surface area (Å²) in [7, 11) is -3.87. The maximum Gasteiger partial charge on any atom is 0.405 e. The third-order valence-electron chi connectivity index (χ3n) is 5.52. The van der Waals surface area contributed by atoms with Gasteiger partial charge in [-0.1, -0.05) is 11.6 Å². The van der Waals surface area contributed by atoms with Gasteiger partial charge in [-0.15, -0.1) is 0 Å². The van der Waals surface area contributed by atoms with Gasteiger partial charge in [0.2, 0.25) is 15.0 Å². The van der Waals surface area contributed by atoms with Crippen molar-refractivity contribution >= 4 is 60.2 Å². The van der Waals surface area contributed by atoms with Crippen molar-refractivity contribution in [2.45, 2.75) is 36.4 Å². The number of sulfone groups is 1. The van der Waals surface area contributed by atoms with Gasteiger partial charge in [-0.3, -0.25) is 0 Å². The molecular weight excluding hydrogens is 519 g/mol. The molecule has 1 fully saturated rings. The Balaban J connectivity index is 1.98. The standard InChI is InChI=1S/C18H19BrClFN4O5S/c1-31(28,29)16-22-13-9-14(11(20)10(19)12(13)21)30-7-3-6-25(15(9)23-16)8-18(4-2-5-18)24-17(26)27/h24H,2-8H2,1H3,(H,26,27). The van der Waals surface area contributed by atoms with Crippen LogP contribution in [0, 0.1) is 5.82 Å². The van der Waals surface area contributed by atoms with Gasteiger partial charge < -0.3 is 20.1 Å². The molecule has 0 unspecified atom stereocenters. The lowest BCUT2D eigenvalue weighted by molar-refractivity contribution is 0.146. The Bertz CT molecular complexity index is 1190. The lowest BCUT2D eigenvalue weighted by Gasteiger charge is -2.45. The van der Waals surface area contributed by atoms with E-state index in [0.717, 1.165) is 12.7 Å². The molecule has 1 aliphatic heterocycles. The molecule has 1 amide bonds. The van der Waals surface area contributed by atoms with E-state index in [0.29, 0.717) is 25.8 Å². The number of nitrogens with one attached hydrogen (secondary N) is 1. The third-order valence-corrected chi connectivity index (χ3v) is 7.69. The minimum absolute atomic E-state index is 0.00850. The Hall–Kier alpha value is -1.92. The molecule has 0 saturated heterocycles. The number of nitrogens with zero attached hydrogens (tertiary/aromatic N) is 3. The molecule has 0 atom stereocenters. The Kier molecular flexibility index (Phi) is 5.67. The van der Waals surface area contributed by atoms with E-state index in [1.807, 2.05) is 0 Å². The average molecular weight is 538 g/mol. The first-order chi connectivity index (χ1) is 14.5. The molecule has 1 saturated carbocycles. The largest absolute Gasteiger partial charge is 0.491 e. The highest BCUT2D eigenvalue weighted by molar-refractivity contribution is 9.10. The quantitative estimate of drug-likeness (QED) is 0.450. The second kappa shape index (κ2) is 7.89. The van der Waals surface area contributed by atoms with Gasteiger partial charge in [0.05, 0.1) is 22.0 Å². The van der Waals surface area contributed by atoms with Crippen molar-refractivity contribution in [2.75, 3.05) is 30.9 Å². The molecule has 2 aromatic rings. The SMILES string of the molecule is CS(=O)(=O)c1nc2c3c(c(Cl)c(Br)c(F)c3n1)OCCCN2CC1(NC(=O)O)CCC1. The molecule has 1 aliphatic carbocycles. The van der Waals surface area contributed by atoms with Crippen LogP contribution in [0.25, 0.3) is 10.9 Å². The Morgan fingerprint density at radius 1 is 1.39 bits per heavy atom. The number of halogens is 3. The fourth-order valence-corrected chi connectivity index (χ4v) is 5.05. The second-order valence-corrected chi connectivity index (χ2v) is 10.9. The number of hydrogen-bond acceptors (Lipinski definition) is 7. The first-order valence-electron chi connectivity index (χ1n) is 9.49. The molecule has 0 spiro atoms. The normalized spacial score (nSPS) is 18.0. The van der Waals surface area contributed by atoms with Crippen LogP contribution in [-0.4, -0.2) is 61.1 Å². The summed E-state index contributed by atoms with van der Waals surface area (Å²) >= 11 is 9.42. The van der Waals surface area contributed by atoms with Crippen molar-refractivity contribution in [2.24, 2.45) is 0 Å².